The van der Waals surface area contributed by atoms with Gasteiger partial charge >= 0.3 is 0 Å². The van der Waals surface area contributed by atoms with Crippen LogP contribution < -0.4 is 4.74 Å². The van der Waals surface area contributed by atoms with Gasteiger partial charge in [0.15, 0.2) is 6.29 Å². The van der Waals surface area contributed by atoms with Gasteiger partial charge in [0.1, 0.15) is 17.1 Å². The third-order valence-electron chi connectivity index (χ3n) is 2.45. The van der Waals surface area contributed by atoms with Gasteiger partial charge in [-0.15, -0.1) is 0 Å². The Balaban J connectivity index is 0.00000324. The molecule has 1 N–H and O–H groups in total. The number of phenols is 1. The van der Waals surface area contributed by atoms with Crippen molar-refractivity contribution >= 4 is 6.29 Å². The highest BCUT2D eigenvalue weighted by Crippen LogP contribution is 2.38. The number of carbonyl (C=O) groups excluding carboxylic acids is 1. The molecule has 0 bridgehead atoms. The van der Waals surface area contributed by atoms with Gasteiger partial charge in [0.25, 0.3) is 0 Å². The topological polar surface area (TPSA) is 46.5 Å². The van der Waals surface area contributed by atoms with Crippen LogP contribution in [-0.4, -0.2) is 17.0 Å². The van der Waals surface area contributed by atoms with E-state index >= 15 is 0 Å². The molecule has 19 heavy (non-hydrogen) atoms. The average Bonchev–Trinajstić information content (AvgIpc) is 2.16. The summed E-state index contributed by atoms with van der Waals surface area (Å²) in [5.41, 5.74) is 0.612. The number of ether oxygens (including phenoxy) is 1. The van der Waals surface area contributed by atoms with Crippen LogP contribution >= 0.6 is 0 Å². The molecule has 3 heteroatoms. The Labute approximate surface area is 116 Å². The molecular weight excluding hydrogens is 240 g/mol. The Kier molecular flexibility index (Phi) is 5.19. The quantitative estimate of drug-likeness (QED) is 0.811. The summed E-state index contributed by atoms with van der Waals surface area (Å²) in [6.07, 6.45) is 0.718. The van der Waals surface area contributed by atoms with Crippen molar-refractivity contribution in [2.45, 2.75) is 60.0 Å². The van der Waals surface area contributed by atoms with Gasteiger partial charge < -0.3 is 9.84 Å². The van der Waals surface area contributed by atoms with Gasteiger partial charge in [-0.1, -0.05) is 28.2 Å². The Morgan fingerprint density at radius 1 is 1.11 bits per heavy atom. The molecule has 0 aromatic heterocycles. The molecule has 0 aliphatic carbocycles. The minimum absolute atomic E-state index is 0. The van der Waals surface area contributed by atoms with Crippen LogP contribution in [0.25, 0.3) is 0 Å². The molecule has 1 aromatic rings. The first kappa shape index (κ1) is 17.5. The number of phenolic OH excluding ortho intramolecular Hbond substituents is 1. The standard InChI is InChI=1S/C15H22O3.CH4/c1-14(2,3)12-8-11(17)7-10(9-16)13(12)18-15(4,5)6;/h7-9,17H,1-6H3;1H4. The molecule has 0 heterocycles. The second-order valence-corrected chi connectivity index (χ2v) is 6.49. The van der Waals surface area contributed by atoms with Crippen molar-refractivity contribution < 1.29 is 14.6 Å². The third kappa shape index (κ3) is 4.58. The highest BCUT2D eigenvalue weighted by Gasteiger charge is 2.25. The molecule has 1 rings (SSSR count). The largest absolute Gasteiger partial charge is 0.508 e. The van der Waals surface area contributed by atoms with Crippen LogP contribution in [0.1, 0.15) is 64.9 Å². The third-order valence-corrected chi connectivity index (χ3v) is 2.45. The Morgan fingerprint density at radius 2 is 1.63 bits per heavy atom. The second-order valence-electron chi connectivity index (χ2n) is 6.49. The Bertz CT molecular complexity index is 448. The minimum Gasteiger partial charge on any atom is -0.508 e. The van der Waals surface area contributed by atoms with E-state index in [9.17, 15) is 9.90 Å². The minimum atomic E-state index is -0.394. The molecule has 108 valence electrons. The van der Waals surface area contributed by atoms with Crippen molar-refractivity contribution in [1.29, 1.82) is 0 Å². The lowest BCUT2D eigenvalue weighted by molar-refractivity contribution is 0.108. The van der Waals surface area contributed by atoms with Crippen molar-refractivity contribution in [2.24, 2.45) is 0 Å². The van der Waals surface area contributed by atoms with Gasteiger partial charge in [-0.05, 0) is 38.3 Å². The van der Waals surface area contributed by atoms with Crippen molar-refractivity contribution in [2.75, 3.05) is 0 Å². The van der Waals surface area contributed by atoms with Crippen molar-refractivity contribution in [3.8, 4) is 11.5 Å². The van der Waals surface area contributed by atoms with E-state index in [1.54, 1.807) is 6.07 Å². The molecule has 1 aromatic carbocycles. The highest BCUT2D eigenvalue weighted by atomic mass is 16.5. The molecule has 0 spiro atoms. The number of rotatable bonds is 2. The summed E-state index contributed by atoms with van der Waals surface area (Å²) < 4.78 is 5.89. The predicted octanol–water partition coefficient (Wildman–Crippen LogP) is 4.32. The van der Waals surface area contributed by atoms with E-state index in [0.29, 0.717) is 11.3 Å². The van der Waals surface area contributed by atoms with E-state index in [1.807, 2.05) is 41.5 Å². The zero-order chi connectivity index (χ0) is 14.1. The lowest BCUT2D eigenvalue weighted by Gasteiger charge is -2.29. The summed E-state index contributed by atoms with van der Waals surface area (Å²) in [5.74, 6) is 0.645. The molecule has 3 nitrogen and oxygen atoms in total. The first-order valence-electron chi connectivity index (χ1n) is 6.06. The second kappa shape index (κ2) is 5.64. The first-order chi connectivity index (χ1) is 8.04. The van der Waals surface area contributed by atoms with Gasteiger partial charge in [0, 0.05) is 5.56 Å². The zero-order valence-electron chi connectivity index (χ0n) is 12.0. The zero-order valence-corrected chi connectivity index (χ0v) is 12.0. The fourth-order valence-electron chi connectivity index (χ4n) is 1.70. The van der Waals surface area contributed by atoms with Crippen LogP contribution in [-0.2, 0) is 5.41 Å². The molecule has 0 radical (unpaired) electrons. The van der Waals surface area contributed by atoms with Gasteiger partial charge in [-0.3, -0.25) is 4.79 Å². The summed E-state index contributed by atoms with van der Waals surface area (Å²) in [6, 6.07) is 3.09. The maximum atomic E-state index is 11.2. The van der Waals surface area contributed by atoms with E-state index < -0.39 is 5.60 Å². The SMILES string of the molecule is C.CC(C)(C)Oc1c(C=O)cc(O)cc1C(C)(C)C. The van der Waals surface area contributed by atoms with Crippen molar-refractivity contribution in [1.82, 2.24) is 0 Å². The van der Waals surface area contributed by atoms with Crippen LogP contribution in [0.5, 0.6) is 11.5 Å². The van der Waals surface area contributed by atoms with Crippen LogP contribution in [0.4, 0.5) is 0 Å². The molecule has 0 atom stereocenters. The van der Waals surface area contributed by atoms with Crippen LogP contribution in [0.2, 0.25) is 0 Å². The number of aromatic hydroxyl groups is 1. The number of aldehydes is 1. The summed E-state index contributed by atoms with van der Waals surface area (Å²) in [4.78, 5) is 11.2. The molecule has 0 saturated heterocycles. The van der Waals surface area contributed by atoms with Crippen LogP contribution in [0.15, 0.2) is 12.1 Å². The predicted molar refractivity (Wildman–Crippen MR) is 79.3 cm³/mol. The van der Waals surface area contributed by atoms with E-state index in [0.717, 1.165) is 11.8 Å². The van der Waals surface area contributed by atoms with Gasteiger partial charge in [-0.2, -0.15) is 0 Å². The van der Waals surface area contributed by atoms with E-state index in [2.05, 4.69) is 0 Å². The lowest BCUT2D eigenvalue weighted by atomic mass is 9.85. The summed E-state index contributed by atoms with van der Waals surface area (Å²) in [6.45, 7) is 11.9. The molecule has 0 fully saturated rings. The maximum Gasteiger partial charge on any atom is 0.153 e. The molecule has 0 amide bonds. The average molecular weight is 266 g/mol. The normalized spacial score (nSPS) is 11.7. The summed E-state index contributed by atoms with van der Waals surface area (Å²) in [7, 11) is 0. The molecule has 0 aliphatic rings. The van der Waals surface area contributed by atoms with Gasteiger partial charge in [-0.25, -0.2) is 0 Å². The first-order valence-corrected chi connectivity index (χ1v) is 6.06. The fraction of sp³-hybridized carbons (Fsp3) is 0.562. The molecule has 0 aliphatic heterocycles. The van der Waals surface area contributed by atoms with E-state index in [1.165, 1.54) is 6.07 Å². The van der Waals surface area contributed by atoms with Crippen molar-refractivity contribution in [3.05, 3.63) is 23.3 Å². The monoisotopic (exact) mass is 266 g/mol. The van der Waals surface area contributed by atoms with E-state index in [-0.39, 0.29) is 18.6 Å². The van der Waals surface area contributed by atoms with E-state index in [4.69, 9.17) is 4.74 Å². The smallest absolute Gasteiger partial charge is 0.153 e. The number of hydrogen-bond donors (Lipinski definition) is 1. The fourth-order valence-corrected chi connectivity index (χ4v) is 1.70. The maximum absolute atomic E-state index is 11.2. The summed E-state index contributed by atoms with van der Waals surface area (Å²) in [5, 5.41) is 9.70. The highest BCUT2D eigenvalue weighted by molar-refractivity contribution is 5.81. The Morgan fingerprint density at radius 3 is 2.00 bits per heavy atom. The molecular formula is C16H26O3. The van der Waals surface area contributed by atoms with Gasteiger partial charge in [0.2, 0.25) is 0 Å². The Hall–Kier alpha value is -1.51. The molecule has 0 saturated carbocycles. The van der Waals surface area contributed by atoms with Crippen LogP contribution in [0.3, 0.4) is 0 Å². The van der Waals surface area contributed by atoms with Crippen LogP contribution in [0, 0.1) is 0 Å². The van der Waals surface area contributed by atoms with Crippen molar-refractivity contribution in [3.63, 3.8) is 0 Å². The van der Waals surface area contributed by atoms with Gasteiger partial charge in [0.05, 0.1) is 5.56 Å². The summed E-state index contributed by atoms with van der Waals surface area (Å²) >= 11 is 0. The lowest BCUT2D eigenvalue weighted by Crippen LogP contribution is -2.26. The number of benzene rings is 1. The number of carbonyl (C=O) groups is 1. The number of hydrogen-bond acceptors (Lipinski definition) is 3. The molecule has 0 unspecified atom stereocenters.